The summed E-state index contributed by atoms with van der Waals surface area (Å²) < 4.78 is 29.0. The summed E-state index contributed by atoms with van der Waals surface area (Å²) in [6.07, 6.45) is 1.18. The van der Waals surface area contributed by atoms with Crippen molar-refractivity contribution in [3.63, 3.8) is 0 Å². The first kappa shape index (κ1) is 13.1. The lowest BCUT2D eigenvalue weighted by Crippen LogP contribution is -2.03. The molecule has 0 fully saturated rings. The third-order valence-electron chi connectivity index (χ3n) is 1.76. The van der Waals surface area contributed by atoms with Crippen LogP contribution in [0.3, 0.4) is 0 Å². The summed E-state index contributed by atoms with van der Waals surface area (Å²) in [6, 6.07) is 7.72. The third kappa shape index (κ3) is 3.54. The van der Waals surface area contributed by atoms with Crippen LogP contribution in [0.2, 0.25) is 0 Å². The van der Waals surface area contributed by atoms with Crippen LogP contribution in [0, 0.1) is 22.7 Å². The maximum atomic E-state index is 12.1. The fourth-order valence-corrected chi connectivity index (χ4v) is 1.55. The highest BCUT2D eigenvalue weighted by Crippen LogP contribution is 2.30. The van der Waals surface area contributed by atoms with Crippen LogP contribution in [0.5, 0.6) is 5.75 Å². The average molecular weight is 299 g/mol. The standard InChI is InChI=1S/C11H5BrF2N2O/c12-9-2-1-3-10(17-11(13)14)8(9)4-7(5-15)6-16/h1-4,11H. The lowest BCUT2D eigenvalue weighted by Gasteiger charge is -2.09. The molecule has 1 aromatic rings. The van der Waals surface area contributed by atoms with Crippen LogP contribution >= 0.6 is 15.9 Å². The number of ether oxygens (including phenoxy) is 1. The van der Waals surface area contributed by atoms with Gasteiger partial charge in [-0.2, -0.15) is 19.3 Å². The lowest BCUT2D eigenvalue weighted by molar-refractivity contribution is -0.0500. The maximum absolute atomic E-state index is 12.1. The average Bonchev–Trinajstić information content (AvgIpc) is 2.28. The second-order valence-corrected chi connectivity index (χ2v) is 3.67. The van der Waals surface area contributed by atoms with E-state index in [4.69, 9.17) is 10.5 Å². The zero-order valence-electron chi connectivity index (χ0n) is 8.32. The van der Waals surface area contributed by atoms with Gasteiger partial charge in [-0.25, -0.2) is 0 Å². The molecule has 17 heavy (non-hydrogen) atoms. The van der Waals surface area contributed by atoms with Gasteiger partial charge in [-0.1, -0.05) is 22.0 Å². The molecule has 0 aliphatic heterocycles. The van der Waals surface area contributed by atoms with Crippen LogP contribution in [0.15, 0.2) is 28.2 Å². The van der Waals surface area contributed by atoms with Gasteiger partial charge < -0.3 is 4.74 Å². The van der Waals surface area contributed by atoms with Crippen molar-refractivity contribution in [2.45, 2.75) is 6.61 Å². The molecule has 0 unspecified atom stereocenters. The van der Waals surface area contributed by atoms with E-state index in [1.807, 2.05) is 0 Å². The number of halogens is 3. The molecule has 0 aliphatic rings. The van der Waals surface area contributed by atoms with E-state index in [2.05, 4.69) is 20.7 Å². The van der Waals surface area contributed by atoms with Crippen LogP contribution in [0.1, 0.15) is 5.56 Å². The number of allylic oxidation sites excluding steroid dienone is 1. The molecule has 6 heteroatoms. The first-order valence-electron chi connectivity index (χ1n) is 4.33. The van der Waals surface area contributed by atoms with Crippen molar-refractivity contribution >= 4 is 22.0 Å². The Bertz CT molecular complexity index is 513. The van der Waals surface area contributed by atoms with Crippen molar-refractivity contribution in [1.29, 1.82) is 10.5 Å². The highest BCUT2D eigenvalue weighted by molar-refractivity contribution is 9.10. The molecule has 0 radical (unpaired) electrons. The van der Waals surface area contributed by atoms with E-state index < -0.39 is 6.61 Å². The van der Waals surface area contributed by atoms with Gasteiger partial charge in [0.15, 0.2) is 0 Å². The molecular formula is C11H5BrF2N2O. The molecule has 1 rings (SSSR count). The van der Waals surface area contributed by atoms with Crippen molar-refractivity contribution in [3.05, 3.63) is 33.8 Å². The van der Waals surface area contributed by atoms with E-state index in [0.717, 1.165) is 0 Å². The molecule has 0 aliphatic carbocycles. The number of alkyl halides is 2. The van der Waals surface area contributed by atoms with Gasteiger partial charge in [0.2, 0.25) is 0 Å². The summed E-state index contributed by atoms with van der Waals surface area (Å²) in [5.41, 5.74) is 0.0296. The quantitative estimate of drug-likeness (QED) is 0.803. The summed E-state index contributed by atoms with van der Waals surface area (Å²) in [5.74, 6) is -0.0997. The van der Waals surface area contributed by atoms with Gasteiger partial charge in [0.25, 0.3) is 0 Å². The van der Waals surface area contributed by atoms with Gasteiger partial charge in [-0.05, 0) is 18.2 Å². The molecule has 0 aromatic heterocycles. The molecule has 0 saturated heterocycles. The smallest absolute Gasteiger partial charge is 0.387 e. The largest absolute Gasteiger partial charge is 0.434 e. The molecule has 0 spiro atoms. The molecule has 0 saturated carbocycles. The predicted octanol–water partition coefficient (Wildman–Crippen LogP) is 3.48. The highest BCUT2D eigenvalue weighted by atomic mass is 79.9. The molecule has 0 N–H and O–H groups in total. The fourth-order valence-electron chi connectivity index (χ4n) is 1.09. The Morgan fingerprint density at radius 1 is 1.35 bits per heavy atom. The number of hydrogen-bond acceptors (Lipinski definition) is 3. The molecule has 3 nitrogen and oxygen atoms in total. The fraction of sp³-hybridized carbons (Fsp3) is 0.0909. The Hall–Kier alpha value is -1.92. The number of rotatable bonds is 3. The summed E-state index contributed by atoms with van der Waals surface area (Å²) in [4.78, 5) is 0. The maximum Gasteiger partial charge on any atom is 0.387 e. The van der Waals surface area contributed by atoms with Gasteiger partial charge in [0, 0.05) is 10.0 Å². The number of benzene rings is 1. The van der Waals surface area contributed by atoms with Gasteiger partial charge in [-0.15, -0.1) is 0 Å². The minimum absolute atomic E-state index is 0.0997. The number of nitrogens with zero attached hydrogens (tertiary/aromatic N) is 2. The van der Waals surface area contributed by atoms with E-state index >= 15 is 0 Å². The zero-order chi connectivity index (χ0) is 12.8. The molecule has 86 valence electrons. The molecule has 0 atom stereocenters. The topological polar surface area (TPSA) is 56.8 Å². The summed E-state index contributed by atoms with van der Waals surface area (Å²) in [5, 5.41) is 17.2. The van der Waals surface area contributed by atoms with E-state index in [1.165, 1.54) is 18.2 Å². The van der Waals surface area contributed by atoms with Crippen LogP contribution in [-0.4, -0.2) is 6.61 Å². The lowest BCUT2D eigenvalue weighted by atomic mass is 10.1. The van der Waals surface area contributed by atoms with Crippen molar-refractivity contribution in [3.8, 4) is 17.9 Å². The Morgan fingerprint density at radius 2 is 2.00 bits per heavy atom. The second-order valence-electron chi connectivity index (χ2n) is 2.81. The van der Waals surface area contributed by atoms with Gasteiger partial charge >= 0.3 is 6.61 Å². The molecule has 0 amide bonds. The molecule has 0 heterocycles. The SMILES string of the molecule is N#CC(C#N)=Cc1c(Br)cccc1OC(F)F. The summed E-state index contributed by atoms with van der Waals surface area (Å²) >= 11 is 3.14. The highest BCUT2D eigenvalue weighted by Gasteiger charge is 2.11. The van der Waals surface area contributed by atoms with E-state index in [1.54, 1.807) is 18.2 Å². The predicted molar refractivity (Wildman–Crippen MR) is 60.0 cm³/mol. The van der Waals surface area contributed by atoms with Crippen molar-refractivity contribution in [1.82, 2.24) is 0 Å². The van der Waals surface area contributed by atoms with Gasteiger partial charge in [0.1, 0.15) is 23.5 Å². The van der Waals surface area contributed by atoms with E-state index in [-0.39, 0.29) is 16.9 Å². The Kier molecular flexibility index (Phi) is 4.62. The van der Waals surface area contributed by atoms with Crippen LogP contribution in [-0.2, 0) is 0 Å². The van der Waals surface area contributed by atoms with E-state index in [0.29, 0.717) is 4.47 Å². The van der Waals surface area contributed by atoms with Gasteiger partial charge in [-0.3, -0.25) is 0 Å². The second kappa shape index (κ2) is 5.97. The van der Waals surface area contributed by atoms with Crippen molar-refractivity contribution < 1.29 is 13.5 Å². The minimum atomic E-state index is -2.97. The Balaban J connectivity index is 3.27. The molecule has 1 aromatic carbocycles. The minimum Gasteiger partial charge on any atom is -0.434 e. The van der Waals surface area contributed by atoms with E-state index in [9.17, 15) is 8.78 Å². The van der Waals surface area contributed by atoms with Crippen LogP contribution in [0.4, 0.5) is 8.78 Å². The molecular weight excluding hydrogens is 294 g/mol. The normalized spacial score (nSPS) is 9.29. The number of nitriles is 2. The Morgan fingerprint density at radius 3 is 2.53 bits per heavy atom. The monoisotopic (exact) mass is 298 g/mol. The van der Waals surface area contributed by atoms with Gasteiger partial charge in [0.05, 0.1) is 0 Å². The van der Waals surface area contributed by atoms with Crippen molar-refractivity contribution in [2.75, 3.05) is 0 Å². The first-order chi connectivity index (χ1) is 8.08. The van der Waals surface area contributed by atoms with Crippen molar-refractivity contribution in [2.24, 2.45) is 0 Å². The molecule has 0 bridgehead atoms. The summed E-state index contributed by atoms with van der Waals surface area (Å²) in [7, 11) is 0. The Labute approximate surface area is 105 Å². The van der Waals surface area contributed by atoms with Crippen LogP contribution < -0.4 is 4.74 Å². The first-order valence-corrected chi connectivity index (χ1v) is 5.13. The third-order valence-corrected chi connectivity index (χ3v) is 2.45. The number of hydrogen-bond donors (Lipinski definition) is 0. The zero-order valence-corrected chi connectivity index (χ0v) is 9.91. The van der Waals surface area contributed by atoms with Crippen LogP contribution in [0.25, 0.3) is 6.08 Å². The summed E-state index contributed by atoms with van der Waals surface area (Å²) in [6.45, 7) is -2.97.